The van der Waals surface area contributed by atoms with Crippen LogP contribution in [0.15, 0.2) is 0 Å². The maximum Gasteiger partial charge on any atom is 0.159 e. The van der Waals surface area contributed by atoms with Crippen LogP contribution in [0.5, 0.6) is 0 Å². The summed E-state index contributed by atoms with van der Waals surface area (Å²) in [6, 6.07) is 0.462. The Hall–Kier alpha value is -0.460. The third-order valence-electron chi connectivity index (χ3n) is 3.20. The highest BCUT2D eigenvalue weighted by molar-refractivity contribution is 7.91. The zero-order valence-corrected chi connectivity index (χ0v) is 14.0. The highest BCUT2D eigenvalue weighted by Crippen LogP contribution is 2.21. The summed E-state index contributed by atoms with van der Waals surface area (Å²) >= 11 is 1.50. The smallest absolute Gasteiger partial charge is 0.159 e. The Morgan fingerprint density at radius 1 is 1.32 bits per heavy atom. The van der Waals surface area contributed by atoms with Crippen molar-refractivity contribution in [3.63, 3.8) is 0 Å². The van der Waals surface area contributed by atoms with Crippen LogP contribution in [0.1, 0.15) is 49.7 Å². The lowest BCUT2D eigenvalue weighted by Crippen LogP contribution is -2.24. The molecule has 1 aromatic heterocycles. The second kappa shape index (κ2) is 6.81. The number of nitrogens with zero attached hydrogens (tertiary/aromatic N) is 1. The minimum atomic E-state index is -3.06. The summed E-state index contributed by atoms with van der Waals surface area (Å²) in [7, 11) is -3.06. The molecule has 1 N–H and O–H groups in total. The van der Waals surface area contributed by atoms with E-state index < -0.39 is 9.84 Å². The highest BCUT2D eigenvalue weighted by Gasteiger charge is 2.20. The third kappa shape index (κ3) is 4.85. The molecule has 1 aromatic rings. The van der Waals surface area contributed by atoms with Crippen molar-refractivity contribution in [2.45, 2.75) is 64.6 Å². The Morgan fingerprint density at radius 3 is 2.47 bits per heavy atom. The number of hydrogen-bond donors (Lipinski definition) is 1. The van der Waals surface area contributed by atoms with Crippen molar-refractivity contribution in [1.82, 2.24) is 10.3 Å². The van der Waals surface area contributed by atoms with Crippen LogP contribution in [0.3, 0.4) is 0 Å². The van der Waals surface area contributed by atoms with Crippen LogP contribution < -0.4 is 5.32 Å². The van der Waals surface area contributed by atoms with Gasteiger partial charge in [-0.3, -0.25) is 0 Å². The molecule has 110 valence electrons. The topological polar surface area (TPSA) is 59.1 Å². The molecule has 0 aliphatic carbocycles. The maximum atomic E-state index is 11.9. The average Bonchev–Trinajstić information content (AvgIpc) is 2.65. The van der Waals surface area contributed by atoms with Gasteiger partial charge in [0.05, 0.1) is 10.9 Å². The first-order valence-electron chi connectivity index (χ1n) is 6.66. The molecular formula is C13H24N2O2S2. The molecule has 0 saturated carbocycles. The lowest BCUT2D eigenvalue weighted by atomic mass is 10.2. The van der Waals surface area contributed by atoms with Crippen LogP contribution >= 0.6 is 11.3 Å². The fourth-order valence-corrected chi connectivity index (χ4v) is 3.75. The number of aromatic nitrogens is 1. The number of nitrogens with one attached hydrogen (secondary N) is 1. The second-order valence-electron chi connectivity index (χ2n) is 5.16. The maximum absolute atomic E-state index is 11.9. The van der Waals surface area contributed by atoms with E-state index in [0.717, 1.165) is 23.5 Å². The van der Waals surface area contributed by atoms with Gasteiger partial charge in [0, 0.05) is 17.5 Å². The van der Waals surface area contributed by atoms with Crippen molar-refractivity contribution in [3.05, 3.63) is 15.6 Å². The molecule has 6 heteroatoms. The van der Waals surface area contributed by atoms with Crippen molar-refractivity contribution < 1.29 is 8.42 Å². The molecule has 1 heterocycles. The largest absolute Gasteiger partial charge is 0.309 e. The molecule has 0 bridgehead atoms. The van der Waals surface area contributed by atoms with Crippen LogP contribution in [0.4, 0.5) is 0 Å². The van der Waals surface area contributed by atoms with Crippen LogP contribution in [0, 0.1) is 6.92 Å². The molecule has 1 rings (SSSR count). The van der Waals surface area contributed by atoms with E-state index in [9.17, 15) is 8.42 Å². The van der Waals surface area contributed by atoms with Crippen LogP contribution in [-0.4, -0.2) is 24.7 Å². The zero-order valence-electron chi connectivity index (χ0n) is 12.4. The molecule has 0 radical (unpaired) electrons. The molecule has 0 aliphatic rings. The van der Waals surface area contributed by atoms with Gasteiger partial charge in [0.15, 0.2) is 9.84 Å². The molecule has 0 saturated heterocycles. The van der Waals surface area contributed by atoms with Gasteiger partial charge in [-0.25, -0.2) is 13.4 Å². The van der Waals surface area contributed by atoms with E-state index in [1.54, 1.807) is 13.8 Å². The van der Waals surface area contributed by atoms with Gasteiger partial charge in [0.2, 0.25) is 0 Å². The Bertz CT molecular complexity index is 507. The van der Waals surface area contributed by atoms with Gasteiger partial charge in [0.25, 0.3) is 0 Å². The van der Waals surface area contributed by atoms with Gasteiger partial charge >= 0.3 is 0 Å². The van der Waals surface area contributed by atoms with Gasteiger partial charge in [0.1, 0.15) is 10.8 Å². The van der Waals surface area contributed by atoms with Gasteiger partial charge < -0.3 is 5.32 Å². The van der Waals surface area contributed by atoms with E-state index >= 15 is 0 Å². The van der Waals surface area contributed by atoms with Crippen molar-refractivity contribution in [1.29, 1.82) is 0 Å². The van der Waals surface area contributed by atoms with Crippen molar-refractivity contribution >= 4 is 21.2 Å². The minimum Gasteiger partial charge on any atom is -0.309 e. The van der Waals surface area contributed by atoms with Crippen molar-refractivity contribution in [2.75, 3.05) is 0 Å². The van der Waals surface area contributed by atoms with E-state index in [2.05, 4.69) is 24.1 Å². The number of rotatable bonds is 7. The first-order chi connectivity index (χ1) is 8.76. The minimum absolute atomic E-state index is 0.0551. The normalized spacial score (nSPS) is 14.0. The van der Waals surface area contributed by atoms with Crippen molar-refractivity contribution in [2.24, 2.45) is 0 Å². The lowest BCUT2D eigenvalue weighted by molar-refractivity contribution is 0.536. The predicted molar refractivity (Wildman–Crippen MR) is 81.2 cm³/mol. The van der Waals surface area contributed by atoms with E-state index in [0.29, 0.717) is 11.0 Å². The molecule has 0 aliphatic heterocycles. The zero-order chi connectivity index (χ0) is 14.6. The third-order valence-corrected chi connectivity index (χ3v) is 6.66. The number of aryl methyl sites for hydroxylation is 1. The molecule has 1 unspecified atom stereocenters. The van der Waals surface area contributed by atoms with Gasteiger partial charge in [-0.2, -0.15) is 0 Å². The Morgan fingerprint density at radius 2 is 1.95 bits per heavy atom. The van der Waals surface area contributed by atoms with Gasteiger partial charge in [-0.15, -0.1) is 11.3 Å². The summed E-state index contributed by atoms with van der Waals surface area (Å²) < 4.78 is 23.8. The molecule has 4 nitrogen and oxygen atoms in total. The molecule has 0 aromatic carbocycles. The standard InChI is InChI=1S/C13H24N2O2S2/c1-6-10(4)14-7-12-11(5)15-13(18-12)8-19(16,17)9(2)3/h9-10,14H,6-8H2,1-5H3. The Labute approximate surface area is 120 Å². The molecule has 0 amide bonds. The van der Waals surface area contributed by atoms with E-state index in [1.165, 1.54) is 11.3 Å². The summed E-state index contributed by atoms with van der Waals surface area (Å²) in [5, 5.41) is 3.76. The molecule has 19 heavy (non-hydrogen) atoms. The summed E-state index contributed by atoms with van der Waals surface area (Å²) in [6.45, 7) is 10.4. The van der Waals surface area contributed by atoms with E-state index in [1.807, 2.05) is 6.92 Å². The Kier molecular flexibility index (Phi) is 5.95. The average molecular weight is 304 g/mol. The second-order valence-corrected chi connectivity index (χ2v) is 8.89. The fraction of sp³-hybridized carbons (Fsp3) is 0.769. The number of thiazole rings is 1. The molecule has 1 atom stereocenters. The van der Waals surface area contributed by atoms with Crippen LogP contribution in [-0.2, 0) is 22.1 Å². The summed E-state index contributed by atoms with van der Waals surface area (Å²) in [6.07, 6.45) is 1.08. The number of hydrogen-bond acceptors (Lipinski definition) is 5. The molecule has 0 spiro atoms. The van der Waals surface area contributed by atoms with E-state index in [4.69, 9.17) is 0 Å². The van der Waals surface area contributed by atoms with Crippen LogP contribution in [0.25, 0.3) is 0 Å². The molecular weight excluding hydrogens is 280 g/mol. The summed E-state index contributed by atoms with van der Waals surface area (Å²) in [5.41, 5.74) is 0.940. The first-order valence-corrected chi connectivity index (χ1v) is 9.19. The number of sulfone groups is 1. The van der Waals surface area contributed by atoms with Gasteiger partial charge in [-0.1, -0.05) is 6.92 Å². The fourth-order valence-electron chi connectivity index (χ4n) is 1.46. The predicted octanol–water partition coefficient (Wildman–Crippen LogP) is 2.66. The Balaban J connectivity index is 2.74. The summed E-state index contributed by atoms with van der Waals surface area (Å²) in [4.78, 5) is 5.51. The summed E-state index contributed by atoms with van der Waals surface area (Å²) in [5.74, 6) is 0.0551. The lowest BCUT2D eigenvalue weighted by Gasteiger charge is -2.09. The SMILES string of the molecule is CCC(C)NCc1sc(CS(=O)(=O)C(C)C)nc1C. The van der Waals surface area contributed by atoms with Gasteiger partial charge in [-0.05, 0) is 34.1 Å². The van der Waals surface area contributed by atoms with Crippen LogP contribution in [0.2, 0.25) is 0 Å². The van der Waals surface area contributed by atoms with E-state index in [-0.39, 0.29) is 11.0 Å². The highest BCUT2D eigenvalue weighted by atomic mass is 32.2. The monoisotopic (exact) mass is 304 g/mol. The quantitative estimate of drug-likeness (QED) is 0.841. The first kappa shape index (κ1) is 16.6. The van der Waals surface area contributed by atoms with Crippen molar-refractivity contribution in [3.8, 4) is 0 Å². The molecule has 0 fully saturated rings.